The van der Waals surface area contributed by atoms with E-state index in [9.17, 15) is 9.59 Å². The zero-order valence-electron chi connectivity index (χ0n) is 10.5. The number of aliphatic hydroxyl groups is 1. The van der Waals surface area contributed by atoms with Crippen molar-refractivity contribution >= 4 is 12.0 Å². The number of likely N-dealkylation sites (tertiary alicyclic amines) is 1. The summed E-state index contributed by atoms with van der Waals surface area (Å²) in [5.74, 6) is -0.307. The molecule has 0 radical (unpaired) electrons. The number of hydrogen-bond donors (Lipinski definition) is 2. The molecule has 17 heavy (non-hydrogen) atoms. The van der Waals surface area contributed by atoms with Gasteiger partial charge in [-0.25, -0.2) is 4.79 Å². The highest BCUT2D eigenvalue weighted by Gasteiger charge is 2.28. The fourth-order valence-electron chi connectivity index (χ4n) is 1.68. The first-order valence-corrected chi connectivity index (χ1v) is 5.70. The van der Waals surface area contributed by atoms with Crippen LogP contribution in [-0.2, 0) is 9.53 Å². The summed E-state index contributed by atoms with van der Waals surface area (Å²) >= 11 is 0. The molecule has 1 saturated heterocycles. The first-order valence-electron chi connectivity index (χ1n) is 5.70. The average Bonchev–Trinajstić information content (AvgIpc) is 2.62. The van der Waals surface area contributed by atoms with Crippen molar-refractivity contribution in [1.82, 2.24) is 10.2 Å². The molecule has 1 atom stereocenters. The number of carbonyl (C=O) groups is 2. The number of nitrogens with one attached hydrogen (secondary N) is 1. The minimum Gasteiger partial charge on any atom is -0.444 e. The lowest BCUT2D eigenvalue weighted by atomic mass is 10.2. The number of carbonyl (C=O) groups excluding carboxylic acids is 2. The van der Waals surface area contributed by atoms with Gasteiger partial charge in [-0.3, -0.25) is 4.79 Å². The predicted molar refractivity (Wildman–Crippen MR) is 61.4 cm³/mol. The highest BCUT2D eigenvalue weighted by atomic mass is 16.6. The van der Waals surface area contributed by atoms with Gasteiger partial charge in [-0.2, -0.15) is 0 Å². The van der Waals surface area contributed by atoms with E-state index in [1.165, 1.54) is 4.90 Å². The molecule has 1 aliphatic rings. The van der Waals surface area contributed by atoms with Gasteiger partial charge in [0.2, 0.25) is 5.91 Å². The summed E-state index contributed by atoms with van der Waals surface area (Å²) in [6.45, 7) is 5.88. The van der Waals surface area contributed by atoms with Gasteiger partial charge in [-0.05, 0) is 27.2 Å². The van der Waals surface area contributed by atoms with Crippen molar-refractivity contribution in [3.8, 4) is 0 Å². The maximum Gasteiger partial charge on any atom is 0.407 e. The van der Waals surface area contributed by atoms with E-state index < -0.39 is 18.3 Å². The number of nitrogens with zero attached hydrogens (tertiary/aromatic N) is 1. The third-order valence-corrected chi connectivity index (χ3v) is 2.40. The normalized spacial score (nSPS) is 20.2. The van der Waals surface area contributed by atoms with Crippen LogP contribution in [0.3, 0.4) is 0 Å². The first kappa shape index (κ1) is 13.8. The summed E-state index contributed by atoms with van der Waals surface area (Å²) in [6, 6.07) is -0.0969. The topological polar surface area (TPSA) is 78.9 Å². The lowest BCUT2D eigenvalue weighted by Crippen LogP contribution is -2.41. The highest BCUT2D eigenvalue weighted by molar-refractivity contribution is 5.77. The smallest absolute Gasteiger partial charge is 0.407 e. The van der Waals surface area contributed by atoms with Crippen molar-refractivity contribution in [3.05, 3.63) is 0 Å². The summed E-state index contributed by atoms with van der Waals surface area (Å²) in [5.41, 5.74) is -0.525. The molecule has 2 N–H and O–H groups in total. The van der Waals surface area contributed by atoms with E-state index in [-0.39, 0.29) is 11.9 Å². The molecule has 0 spiro atoms. The summed E-state index contributed by atoms with van der Waals surface area (Å²) in [7, 11) is 0. The second-order valence-electron chi connectivity index (χ2n) is 5.13. The maximum absolute atomic E-state index is 11.5. The zero-order chi connectivity index (χ0) is 13.1. The molecule has 1 fully saturated rings. The van der Waals surface area contributed by atoms with Crippen LogP contribution in [0.25, 0.3) is 0 Å². The number of aliphatic hydroxyl groups excluding tert-OH is 1. The fourth-order valence-corrected chi connectivity index (χ4v) is 1.68. The Kier molecular flexibility index (Phi) is 4.34. The minimum atomic E-state index is -0.525. The molecular weight excluding hydrogens is 224 g/mol. The van der Waals surface area contributed by atoms with Gasteiger partial charge in [0.05, 0.1) is 6.04 Å². The van der Waals surface area contributed by atoms with Gasteiger partial charge >= 0.3 is 6.09 Å². The van der Waals surface area contributed by atoms with Crippen molar-refractivity contribution in [2.24, 2.45) is 0 Å². The van der Waals surface area contributed by atoms with Crippen molar-refractivity contribution in [1.29, 1.82) is 0 Å². The van der Waals surface area contributed by atoms with Crippen LogP contribution in [0.4, 0.5) is 4.79 Å². The molecule has 0 aromatic rings. The average molecular weight is 244 g/mol. The van der Waals surface area contributed by atoms with E-state index in [2.05, 4.69) is 5.32 Å². The molecule has 0 aliphatic carbocycles. The molecular formula is C11H20N2O4. The molecule has 6 nitrogen and oxygen atoms in total. The number of rotatable bonds is 2. The van der Waals surface area contributed by atoms with Gasteiger partial charge < -0.3 is 20.1 Å². The Labute approximate surface area is 101 Å². The molecule has 0 aromatic carbocycles. The van der Waals surface area contributed by atoms with Crippen LogP contribution in [0.1, 0.15) is 27.2 Å². The van der Waals surface area contributed by atoms with E-state index in [1.807, 2.05) is 0 Å². The molecule has 0 aromatic heterocycles. The first-order chi connectivity index (χ1) is 7.81. The highest BCUT2D eigenvalue weighted by Crippen LogP contribution is 2.11. The largest absolute Gasteiger partial charge is 0.444 e. The zero-order valence-corrected chi connectivity index (χ0v) is 10.5. The summed E-state index contributed by atoms with van der Waals surface area (Å²) < 4.78 is 5.12. The van der Waals surface area contributed by atoms with Crippen LogP contribution in [-0.4, -0.2) is 53.3 Å². The number of ether oxygens (including phenoxy) is 1. The van der Waals surface area contributed by atoms with Gasteiger partial charge in [0, 0.05) is 13.1 Å². The molecule has 1 aliphatic heterocycles. The monoisotopic (exact) mass is 244 g/mol. The van der Waals surface area contributed by atoms with Gasteiger partial charge in [-0.15, -0.1) is 0 Å². The maximum atomic E-state index is 11.5. The molecule has 0 saturated carbocycles. The van der Waals surface area contributed by atoms with Crippen molar-refractivity contribution in [2.75, 3.05) is 19.7 Å². The third kappa shape index (κ3) is 4.60. The lowest BCUT2D eigenvalue weighted by Gasteiger charge is -2.21. The van der Waals surface area contributed by atoms with Gasteiger partial charge in [0.1, 0.15) is 12.2 Å². The molecule has 98 valence electrons. The molecule has 1 rings (SSSR count). The molecule has 0 bridgehead atoms. The third-order valence-electron chi connectivity index (χ3n) is 2.40. The summed E-state index contributed by atoms with van der Waals surface area (Å²) in [4.78, 5) is 24.2. The van der Waals surface area contributed by atoms with Crippen LogP contribution >= 0.6 is 0 Å². The molecule has 6 heteroatoms. The number of alkyl carbamates (subject to hydrolysis) is 1. The Hall–Kier alpha value is -1.30. The minimum absolute atomic E-state index is 0.0969. The molecule has 1 heterocycles. The molecule has 1 unspecified atom stereocenters. The summed E-state index contributed by atoms with van der Waals surface area (Å²) in [6.07, 6.45) is 0.214. The molecule has 2 amide bonds. The Morgan fingerprint density at radius 3 is 2.65 bits per heavy atom. The second-order valence-corrected chi connectivity index (χ2v) is 5.13. The predicted octanol–water partition coefficient (Wildman–Crippen LogP) is 0.104. The Bertz CT molecular complexity index is 298. The fraction of sp³-hybridized carbons (Fsp3) is 0.818. The lowest BCUT2D eigenvalue weighted by molar-refractivity contribution is -0.133. The van der Waals surface area contributed by atoms with E-state index in [0.29, 0.717) is 19.5 Å². The van der Waals surface area contributed by atoms with Crippen LogP contribution in [0.15, 0.2) is 0 Å². The van der Waals surface area contributed by atoms with Crippen molar-refractivity contribution in [2.45, 2.75) is 38.8 Å². The van der Waals surface area contributed by atoms with Crippen LogP contribution in [0, 0.1) is 0 Å². The second kappa shape index (κ2) is 5.35. The van der Waals surface area contributed by atoms with E-state index >= 15 is 0 Å². The van der Waals surface area contributed by atoms with E-state index in [0.717, 1.165) is 0 Å². The van der Waals surface area contributed by atoms with Crippen LogP contribution in [0.2, 0.25) is 0 Å². The van der Waals surface area contributed by atoms with Gasteiger partial charge in [0.25, 0.3) is 0 Å². The Morgan fingerprint density at radius 1 is 1.47 bits per heavy atom. The van der Waals surface area contributed by atoms with Crippen molar-refractivity contribution < 1.29 is 19.4 Å². The number of hydrogen-bond acceptors (Lipinski definition) is 4. The number of amides is 2. The van der Waals surface area contributed by atoms with Gasteiger partial charge in [-0.1, -0.05) is 0 Å². The van der Waals surface area contributed by atoms with Gasteiger partial charge in [0.15, 0.2) is 0 Å². The van der Waals surface area contributed by atoms with Crippen LogP contribution in [0.5, 0.6) is 0 Å². The standard InChI is InChI=1S/C11H20N2O4/c1-11(2,3)17-10(16)12-8-4-5-13(6-8)9(15)7-14/h8,14H,4-7H2,1-3H3,(H,12,16). The van der Waals surface area contributed by atoms with Crippen LogP contribution < -0.4 is 5.32 Å². The SMILES string of the molecule is CC(C)(C)OC(=O)NC1CCN(C(=O)CO)C1. The van der Waals surface area contributed by atoms with E-state index in [1.54, 1.807) is 20.8 Å². The van der Waals surface area contributed by atoms with E-state index in [4.69, 9.17) is 9.84 Å². The van der Waals surface area contributed by atoms with Crippen molar-refractivity contribution in [3.63, 3.8) is 0 Å². The quantitative estimate of drug-likeness (QED) is 0.722. The Morgan fingerprint density at radius 2 is 2.12 bits per heavy atom. The summed E-state index contributed by atoms with van der Waals surface area (Å²) in [5, 5.41) is 11.4. The Balaban J connectivity index is 2.35.